The lowest BCUT2D eigenvalue weighted by molar-refractivity contribution is 0.0328. The molecule has 0 spiro atoms. The summed E-state index contributed by atoms with van der Waals surface area (Å²) in [6, 6.07) is 13.7. The topological polar surface area (TPSA) is 94.1 Å². The number of likely N-dealkylation sites (tertiary alicyclic amines) is 1. The number of rotatable bonds is 10. The highest BCUT2D eigenvalue weighted by molar-refractivity contribution is 7.89. The third-order valence-corrected chi connectivity index (χ3v) is 11.4. The maximum atomic E-state index is 13.9. The first kappa shape index (κ1) is 27.8. The first-order valence-electron chi connectivity index (χ1n) is 14.5. The van der Waals surface area contributed by atoms with E-state index in [-0.39, 0.29) is 46.0 Å². The second-order valence-electron chi connectivity index (χ2n) is 11.6. The van der Waals surface area contributed by atoms with Gasteiger partial charge in [0.1, 0.15) is 4.90 Å². The number of halogens is 1. The van der Waals surface area contributed by atoms with Crippen LogP contribution < -0.4 is 10.6 Å². The molecule has 2 bridgehead atoms. The smallest absolute Gasteiger partial charge is 0.248 e. The summed E-state index contributed by atoms with van der Waals surface area (Å²) in [5.74, 6) is -0.324. The van der Waals surface area contributed by atoms with Gasteiger partial charge in [-0.25, -0.2) is 8.42 Å². The highest BCUT2D eigenvalue weighted by Gasteiger charge is 2.49. The zero-order chi connectivity index (χ0) is 28.0. The van der Waals surface area contributed by atoms with Crippen LogP contribution in [0.4, 0.5) is 5.69 Å². The Bertz CT molecular complexity index is 1390. The first-order valence-corrected chi connectivity index (χ1v) is 16.3. The minimum absolute atomic E-state index is 0.0338. The van der Waals surface area contributed by atoms with Crippen molar-refractivity contribution in [3.8, 4) is 5.75 Å². The first-order chi connectivity index (χ1) is 19.2. The van der Waals surface area contributed by atoms with Crippen LogP contribution in [-0.4, -0.2) is 66.2 Å². The van der Waals surface area contributed by atoms with Crippen molar-refractivity contribution < 1.29 is 18.3 Å². The van der Waals surface area contributed by atoms with E-state index in [1.54, 1.807) is 12.1 Å². The fourth-order valence-electron chi connectivity index (χ4n) is 6.67. The Labute approximate surface area is 242 Å². The predicted octanol–water partition coefficient (Wildman–Crippen LogP) is 5.05. The van der Waals surface area contributed by atoms with E-state index in [1.807, 2.05) is 18.2 Å². The minimum Gasteiger partial charge on any atom is -0.504 e. The van der Waals surface area contributed by atoms with Crippen LogP contribution in [0.1, 0.15) is 57.9 Å². The normalized spacial score (nSPS) is 27.7. The number of aromatic hydroxyl groups is 1. The SMILES string of the molecule is CC[C@@H](NC1=C(Nc2ccc(Cl)c(S(=O)(=O)N3CC4CC3CN4Cc3ccccc3)c2O)CC1)[C@H]1CC[C@@H](C)O1. The van der Waals surface area contributed by atoms with Crippen LogP contribution in [-0.2, 0) is 21.3 Å². The van der Waals surface area contributed by atoms with E-state index < -0.39 is 10.0 Å². The van der Waals surface area contributed by atoms with Crippen molar-refractivity contribution in [3.05, 3.63) is 64.4 Å². The summed E-state index contributed by atoms with van der Waals surface area (Å²) in [5, 5.41) is 18.2. The molecule has 0 radical (unpaired) electrons. The summed E-state index contributed by atoms with van der Waals surface area (Å²) < 4.78 is 35.4. The third-order valence-electron chi connectivity index (χ3n) is 8.97. The van der Waals surface area contributed by atoms with Gasteiger partial charge in [-0.3, -0.25) is 4.90 Å². The molecular weight excluding hydrogens is 548 g/mol. The molecule has 216 valence electrons. The molecule has 3 saturated heterocycles. The van der Waals surface area contributed by atoms with Crippen LogP contribution in [0.3, 0.4) is 0 Å². The zero-order valence-corrected chi connectivity index (χ0v) is 24.7. The van der Waals surface area contributed by atoms with Crippen LogP contribution in [0, 0.1) is 0 Å². The van der Waals surface area contributed by atoms with Gasteiger partial charge in [-0.2, -0.15) is 4.31 Å². The van der Waals surface area contributed by atoms with E-state index in [0.29, 0.717) is 18.8 Å². The lowest BCUT2D eigenvalue weighted by Gasteiger charge is -2.34. The second kappa shape index (κ2) is 11.2. The van der Waals surface area contributed by atoms with Crippen LogP contribution >= 0.6 is 11.6 Å². The molecule has 2 aromatic carbocycles. The number of hydrogen-bond acceptors (Lipinski definition) is 7. The van der Waals surface area contributed by atoms with E-state index in [1.165, 1.54) is 9.87 Å². The van der Waals surface area contributed by atoms with Crippen molar-refractivity contribution in [1.29, 1.82) is 0 Å². The molecule has 2 unspecified atom stereocenters. The Morgan fingerprint density at radius 1 is 1.07 bits per heavy atom. The molecule has 3 heterocycles. The van der Waals surface area contributed by atoms with Crippen molar-refractivity contribution in [1.82, 2.24) is 14.5 Å². The zero-order valence-electron chi connectivity index (χ0n) is 23.1. The molecular formula is C30H39ClN4O4S. The van der Waals surface area contributed by atoms with Gasteiger partial charge in [-0.05, 0) is 63.1 Å². The predicted molar refractivity (Wildman–Crippen MR) is 157 cm³/mol. The lowest BCUT2D eigenvalue weighted by atomic mass is 9.97. The van der Waals surface area contributed by atoms with Crippen LogP contribution in [0.2, 0.25) is 5.02 Å². The maximum absolute atomic E-state index is 13.9. The summed E-state index contributed by atoms with van der Waals surface area (Å²) in [4.78, 5) is 2.14. The molecule has 10 heteroatoms. The summed E-state index contributed by atoms with van der Waals surface area (Å²) in [6.07, 6.45) is 6.05. The largest absolute Gasteiger partial charge is 0.504 e. The van der Waals surface area contributed by atoms with E-state index in [4.69, 9.17) is 16.3 Å². The number of nitrogens with zero attached hydrogens (tertiary/aromatic N) is 2. The molecule has 4 aliphatic rings. The molecule has 2 aromatic rings. The lowest BCUT2D eigenvalue weighted by Crippen LogP contribution is -2.48. The molecule has 3 aliphatic heterocycles. The van der Waals surface area contributed by atoms with Crippen LogP contribution in [0.25, 0.3) is 0 Å². The average Bonchev–Trinajstić information content (AvgIpc) is 3.65. The molecule has 0 saturated carbocycles. The van der Waals surface area contributed by atoms with E-state index in [9.17, 15) is 13.5 Å². The van der Waals surface area contributed by atoms with E-state index in [0.717, 1.165) is 56.5 Å². The fraction of sp³-hybridized carbons (Fsp3) is 0.533. The van der Waals surface area contributed by atoms with Gasteiger partial charge in [0.25, 0.3) is 0 Å². The average molecular weight is 587 g/mol. The number of allylic oxidation sites excluding steroid dienone is 2. The van der Waals surface area contributed by atoms with Gasteiger partial charge in [0, 0.05) is 43.1 Å². The van der Waals surface area contributed by atoms with E-state index >= 15 is 0 Å². The highest BCUT2D eigenvalue weighted by atomic mass is 35.5. The number of nitrogens with one attached hydrogen (secondary N) is 2. The van der Waals surface area contributed by atoms with E-state index in [2.05, 4.69) is 41.5 Å². The molecule has 40 heavy (non-hydrogen) atoms. The van der Waals surface area contributed by atoms with Crippen molar-refractivity contribution in [3.63, 3.8) is 0 Å². The molecule has 0 amide bonds. The summed E-state index contributed by atoms with van der Waals surface area (Å²) >= 11 is 6.45. The van der Waals surface area contributed by atoms with Crippen molar-refractivity contribution in [2.75, 3.05) is 18.4 Å². The number of benzene rings is 2. The molecule has 3 N–H and O–H groups in total. The fourth-order valence-corrected chi connectivity index (χ4v) is 8.94. The number of ether oxygens (including phenoxy) is 1. The standard InChI is InChI=1S/C30H39ClN4O4S/c1-3-24(28-14-9-19(2)39-28)32-25-12-13-26(25)33-27-11-10-23(31)30(29(27)36)40(37,38)35-18-21-15-22(35)17-34(21)16-20-7-5-4-6-8-20/h4-8,10-11,19,21-22,24,28,32-33,36H,3,9,12-18H2,1-2H3/t19-,21?,22?,24-,28-/m1/s1. The number of fused-ring (bicyclic) bond motifs is 2. The van der Waals surface area contributed by atoms with Gasteiger partial charge in [0.15, 0.2) is 5.75 Å². The van der Waals surface area contributed by atoms with Crippen molar-refractivity contribution >= 4 is 27.3 Å². The molecule has 1 aliphatic carbocycles. The highest BCUT2D eigenvalue weighted by Crippen LogP contribution is 2.44. The third kappa shape index (κ3) is 5.23. The monoisotopic (exact) mass is 586 g/mol. The number of hydrogen-bond donors (Lipinski definition) is 3. The Hall–Kier alpha value is -2.30. The number of piperazine rings is 1. The molecule has 5 atom stereocenters. The Balaban J connectivity index is 1.17. The molecule has 6 rings (SSSR count). The Morgan fingerprint density at radius 2 is 1.85 bits per heavy atom. The number of sulfonamides is 1. The number of phenols is 1. The Morgan fingerprint density at radius 3 is 2.48 bits per heavy atom. The van der Waals surface area contributed by atoms with Gasteiger partial charge in [-0.15, -0.1) is 0 Å². The maximum Gasteiger partial charge on any atom is 0.248 e. The molecule has 3 fully saturated rings. The van der Waals surface area contributed by atoms with Gasteiger partial charge < -0.3 is 20.5 Å². The van der Waals surface area contributed by atoms with Gasteiger partial charge in [0.2, 0.25) is 10.0 Å². The number of anilines is 1. The summed E-state index contributed by atoms with van der Waals surface area (Å²) in [5.41, 5.74) is 3.62. The van der Waals surface area contributed by atoms with Crippen molar-refractivity contribution in [2.45, 2.75) is 94.1 Å². The Kier molecular flexibility index (Phi) is 7.78. The molecule has 0 aromatic heterocycles. The number of phenolic OH excluding ortho intramolecular Hbond substituents is 1. The van der Waals surface area contributed by atoms with Crippen LogP contribution in [0.5, 0.6) is 5.75 Å². The molecule has 8 nitrogen and oxygen atoms in total. The summed E-state index contributed by atoms with van der Waals surface area (Å²) in [7, 11) is -3.99. The van der Waals surface area contributed by atoms with Crippen LogP contribution in [0.15, 0.2) is 58.8 Å². The minimum atomic E-state index is -3.99. The quantitative estimate of drug-likeness (QED) is 0.336. The van der Waals surface area contributed by atoms with Crippen molar-refractivity contribution in [2.24, 2.45) is 0 Å². The van der Waals surface area contributed by atoms with Gasteiger partial charge in [0.05, 0.1) is 29.0 Å². The van der Waals surface area contributed by atoms with Gasteiger partial charge >= 0.3 is 0 Å². The summed E-state index contributed by atoms with van der Waals surface area (Å²) in [6.45, 7) is 6.14. The second-order valence-corrected chi connectivity index (χ2v) is 13.8. The van der Waals surface area contributed by atoms with Gasteiger partial charge in [-0.1, -0.05) is 48.9 Å².